The Bertz CT molecular complexity index is 3920. The maximum absolute atomic E-state index is 2.42. The topological polar surface area (TPSA) is 8.17 Å². The van der Waals surface area contributed by atoms with Crippen molar-refractivity contribution < 1.29 is 0 Å². The van der Waals surface area contributed by atoms with E-state index in [1.54, 1.807) is 0 Å². The van der Waals surface area contributed by atoms with Crippen molar-refractivity contribution in [3.8, 4) is 50.2 Å². The summed E-state index contributed by atoms with van der Waals surface area (Å²) >= 11 is 1.86. The van der Waals surface area contributed by atoms with Crippen molar-refractivity contribution in [1.29, 1.82) is 0 Å². The zero-order valence-corrected chi connectivity index (χ0v) is 37.4. The van der Waals surface area contributed by atoms with E-state index in [1.807, 2.05) is 11.3 Å². The zero-order valence-electron chi connectivity index (χ0n) is 36.6. The molecular weight excluding hydrogens is 829 g/mol. The second-order valence-corrected chi connectivity index (χ2v) is 18.4. The van der Waals surface area contributed by atoms with E-state index in [-0.39, 0.29) is 0 Å². The van der Waals surface area contributed by atoms with Crippen LogP contribution < -0.4 is 4.90 Å². The highest BCUT2D eigenvalue weighted by Gasteiger charge is 2.20. The summed E-state index contributed by atoms with van der Waals surface area (Å²) in [5.74, 6) is 0. The van der Waals surface area contributed by atoms with Crippen LogP contribution in [0.1, 0.15) is 0 Å². The summed E-state index contributed by atoms with van der Waals surface area (Å²) in [5, 5.41) is 7.63. The molecular formula is C64H42N2S. The third-order valence-electron chi connectivity index (χ3n) is 13.4. The van der Waals surface area contributed by atoms with Crippen LogP contribution in [0, 0.1) is 0 Å². The number of fused-ring (bicyclic) bond motifs is 7. The summed E-state index contributed by atoms with van der Waals surface area (Å²) in [7, 11) is 0. The van der Waals surface area contributed by atoms with Crippen LogP contribution in [-0.4, -0.2) is 4.57 Å². The van der Waals surface area contributed by atoms with Crippen molar-refractivity contribution in [2.45, 2.75) is 0 Å². The maximum atomic E-state index is 2.42. The Labute approximate surface area is 393 Å². The van der Waals surface area contributed by atoms with E-state index in [0.717, 1.165) is 45.0 Å². The van der Waals surface area contributed by atoms with Crippen molar-refractivity contribution in [3.05, 3.63) is 255 Å². The first-order valence-corrected chi connectivity index (χ1v) is 23.7. The molecule has 0 unspecified atom stereocenters. The van der Waals surface area contributed by atoms with E-state index in [9.17, 15) is 0 Å². The Morgan fingerprint density at radius 2 is 0.821 bits per heavy atom. The largest absolute Gasteiger partial charge is 0.310 e. The Hall–Kier alpha value is -8.50. The molecule has 3 heteroatoms. The quantitative estimate of drug-likeness (QED) is 0.148. The molecule has 0 saturated heterocycles. The van der Waals surface area contributed by atoms with Gasteiger partial charge in [-0.25, -0.2) is 0 Å². The molecule has 0 radical (unpaired) electrons. The fraction of sp³-hybridized carbons (Fsp3) is 0. The fourth-order valence-electron chi connectivity index (χ4n) is 10.1. The van der Waals surface area contributed by atoms with Gasteiger partial charge in [-0.3, -0.25) is 0 Å². The summed E-state index contributed by atoms with van der Waals surface area (Å²) in [4.78, 5) is 2.42. The number of nitrogens with zero attached hydrogens (tertiary/aromatic N) is 2. The number of para-hydroxylation sites is 2. The molecule has 0 N–H and O–H groups in total. The minimum Gasteiger partial charge on any atom is -0.310 e. The SMILES string of the molecule is c1ccc(-c2cc(-c3cccc(-n4c5ccccc5c5ccccc54)c3)ccc2N(c2ccc(-c3ccc4ccccc4c3)cc2)c2ccc(-c3ccc4sc5ccccc5c4c3)cc2)cc1. The Kier molecular flexibility index (Phi) is 9.40. The molecule has 0 aliphatic rings. The van der Waals surface area contributed by atoms with Crippen molar-refractivity contribution in [2.24, 2.45) is 0 Å². The highest BCUT2D eigenvalue weighted by molar-refractivity contribution is 7.25. The summed E-state index contributed by atoms with van der Waals surface area (Å²) < 4.78 is 5.03. The average molecular weight is 871 g/mol. The summed E-state index contributed by atoms with van der Waals surface area (Å²) in [6.45, 7) is 0. The molecule has 314 valence electrons. The van der Waals surface area contributed by atoms with Gasteiger partial charge < -0.3 is 9.47 Å². The van der Waals surface area contributed by atoms with Crippen LogP contribution in [0.3, 0.4) is 0 Å². The van der Waals surface area contributed by atoms with Gasteiger partial charge >= 0.3 is 0 Å². The van der Waals surface area contributed by atoms with Crippen LogP contribution in [0.2, 0.25) is 0 Å². The number of benzene rings is 11. The Morgan fingerprint density at radius 1 is 0.299 bits per heavy atom. The van der Waals surface area contributed by atoms with Gasteiger partial charge in [-0.2, -0.15) is 0 Å². The predicted octanol–water partition coefficient (Wildman–Crippen LogP) is 18.4. The zero-order chi connectivity index (χ0) is 44.3. The van der Waals surface area contributed by atoms with Crippen molar-refractivity contribution >= 4 is 81.1 Å². The molecule has 2 heterocycles. The standard InChI is InChI=1S/C64H42N2S/c1-2-14-46(15-3-1)58-41-51(48-17-12-18-54(40-48)66-60-22-9-6-19-55(60)56-20-7-10-23-61(56)66)31-37-62(58)65(52-33-27-44(28-34-52)49-26-25-43-13-4-5-16-47(43)39-49)53-35-29-45(30-36-53)50-32-38-64-59(42-50)57-21-8-11-24-63(57)67-64/h1-42H. The van der Waals surface area contributed by atoms with E-state index in [2.05, 4.69) is 264 Å². The molecule has 0 aliphatic heterocycles. The lowest BCUT2D eigenvalue weighted by Crippen LogP contribution is -2.11. The van der Waals surface area contributed by atoms with E-state index in [0.29, 0.717) is 0 Å². The minimum absolute atomic E-state index is 1.08. The van der Waals surface area contributed by atoms with Gasteiger partial charge in [0, 0.05) is 53.6 Å². The molecule has 2 nitrogen and oxygen atoms in total. The highest BCUT2D eigenvalue weighted by Crippen LogP contribution is 2.45. The molecule has 0 amide bonds. The van der Waals surface area contributed by atoms with Gasteiger partial charge in [-0.05, 0) is 135 Å². The monoisotopic (exact) mass is 870 g/mol. The molecule has 0 atom stereocenters. The first-order valence-electron chi connectivity index (χ1n) is 22.9. The molecule has 0 aliphatic carbocycles. The van der Waals surface area contributed by atoms with Crippen molar-refractivity contribution in [1.82, 2.24) is 4.57 Å². The first-order chi connectivity index (χ1) is 33.2. The molecule has 0 saturated carbocycles. The first kappa shape index (κ1) is 38.9. The van der Waals surface area contributed by atoms with Gasteiger partial charge in [0.1, 0.15) is 0 Å². The van der Waals surface area contributed by atoms with Gasteiger partial charge in [0.15, 0.2) is 0 Å². The molecule has 13 aromatic rings. The number of hydrogen-bond donors (Lipinski definition) is 0. The summed E-state index contributed by atoms with van der Waals surface area (Å²) in [6, 6.07) is 93.3. The van der Waals surface area contributed by atoms with E-state index >= 15 is 0 Å². The number of rotatable bonds is 8. The van der Waals surface area contributed by atoms with Gasteiger partial charge in [0.05, 0.1) is 16.7 Å². The number of thiophene rings is 1. The maximum Gasteiger partial charge on any atom is 0.0541 e. The van der Waals surface area contributed by atoms with Gasteiger partial charge in [0.25, 0.3) is 0 Å². The van der Waals surface area contributed by atoms with Gasteiger partial charge in [-0.1, -0.05) is 170 Å². The third-order valence-corrected chi connectivity index (χ3v) is 14.5. The van der Waals surface area contributed by atoms with Crippen LogP contribution in [0.25, 0.3) is 103 Å². The molecule has 0 spiro atoms. The lowest BCUT2D eigenvalue weighted by atomic mass is 9.95. The fourth-order valence-corrected chi connectivity index (χ4v) is 11.2. The van der Waals surface area contributed by atoms with Crippen LogP contribution in [-0.2, 0) is 0 Å². The average Bonchev–Trinajstić information content (AvgIpc) is 3.95. The molecule has 13 rings (SSSR count). The van der Waals surface area contributed by atoms with E-state index < -0.39 is 0 Å². The van der Waals surface area contributed by atoms with Gasteiger partial charge in [0.2, 0.25) is 0 Å². The normalized spacial score (nSPS) is 11.6. The van der Waals surface area contributed by atoms with E-state index in [4.69, 9.17) is 0 Å². The minimum atomic E-state index is 1.08. The molecule has 11 aromatic carbocycles. The predicted molar refractivity (Wildman–Crippen MR) is 288 cm³/mol. The Balaban J connectivity index is 0.946. The third kappa shape index (κ3) is 6.88. The number of aromatic nitrogens is 1. The Morgan fingerprint density at radius 3 is 1.55 bits per heavy atom. The lowest BCUT2D eigenvalue weighted by Gasteiger charge is -2.29. The second-order valence-electron chi connectivity index (χ2n) is 17.3. The second kappa shape index (κ2) is 16.2. The molecule has 0 fully saturated rings. The smallest absolute Gasteiger partial charge is 0.0541 e. The van der Waals surface area contributed by atoms with E-state index in [1.165, 1.54) is 75.0 Å². The van der Waals surface area contributed by atoms with Crippen molar-refractivity contribution in [2.75, 3.05) is 4.90 Å². The van der Waals surface area contributed by atoms with Crippen LogP contribution in [0.5, 0.6) is 0 Å². The van der Waals surface area contributed by atoms with Crippen LogP contribution in [0.4, 0.5) is 17.1 Å². The number of anilines is 3. The van der Waals surface area contributed by atoms with Crippen molar-refractivity contribution in [3.63, 3.8) is 0 Å². The van der Waals surface area contributed by atoms with Gasteiger partial charge in [-0.15, -0.1) is 11.3 Å². The summed E-state index contributed by atoms with van der Waals surface area (Å²) in [6.07, 6.45) is 0. The number of hydrogen-bond acceptors (Lipinski definition) is 2. The van der Waals surface area contributed by atoms with Crippen LogP contribution in [0.15, 0.2) is 255 Å². The highest BCUT2D eigenvalue weighted by atomic mass is 32.1. The van der Waals surface area contributed by atoms with Crippen LogP contribution >= 0.6 is 11.3 Å². The molecule has 0 bridgehead atoms. The molecule has 67 heavy (non-hydrogen) atoms. The lowest BCUT2D eigenvalue weighted by molar-refractivity contribution is 1.18. The molecule has 2 aromatic heterocycles. The summed E-state index contributed by atoms with van der Waals surface area (Å²) in [5.41, 5.74) is 16.2.